The highest BCUT2D eigenvalue weighted by Gasteiger charge is 2.48. The molecule has 0 saturated carbocycles. The molecule has 1 saturated heterocycles. The first-order valence-electron chi connectivity index (χ1n) is 11.9. The zero-order valence-electron chi connectivity index (χ0n) is 21.0. The summed E-state index contributed by atoms with van der Waals surface area (Å²) in [5.74, 6) is 0. The van der Waals surface area contributed by atoms with Crippen LogP contribution < -0.4 is 0 Å². The highest BCUT2D eigenvalue weighted by Crippen LogP contribution is 2.47. The van der Waals surface area contributed by atoms with Crippen molar-refractivity contribution in [3.8, 4) is 0 Å². The van der Waals surface area contributed by atoms with Crippen LogP contribution in [0, 0.1) is 5.41 Å². The Morgan fingerprint density at radius 2 is 1.50 bits per heavy atom. The molecule has 0 aliphatic carbocycles. The highest BCUT2D eigenvalue weighted by molar-refractivity contribution is 6.48. The van der Waals surface area contributed by atoms with Crippen LogP contribution in [0.25, 0.3) is 0 Å². The summed E-state index contributed by atoms with van der Waals surface area (Å²) in [4.78, 5) is 2.65. The highest BCUT2D eigenvalue weighted by atomic mass is 35.5. The molecule has 1 aliphatic rings. The van der Waals surface area contributed by atoms with Gasteiger partial charge in [-0.15, -0.1) is 0 Å². The minimum absolute atomic E-state index is 0.0579. The van der Waals surface area contributed by atoms with Crippen molar-refractivity contribution >= 4 is 20.6 Å². The van der Waals surface area contributed by atoms with Gasteiger partial charge in [-0.05, 0) is 67.7 Å². The van der Waals surface area contributed by atoms with E-state index in [0.717, 1.165) is 37.5 Å². The molecule has 1 fully saturated rings. The number of halogens is 1. The summed E-state index contributed by atoms with van der Waals surface area (Å²) in [6.07, 6.45) is 2.47. The van der Waals surface area contributed by atoms with Crippen LogP contribution in [0.3, 0.4) is 0 Å². The number of nitrogens with zero attached hydrogens (tertiary/aromatic N) is 1. The van der Waals surface area contributed by atoms with Crippen LogP contribution >= 0.6 is 11.6 Å². The van der Waals surface area contributed by atoms with Gasteiger partial charge in [-0.25, -0.2) is 0 Å². The molecule has 0 spiro atoms. The van der Waals surface area contributed by atoms with Crippen molar-refractivity contribution in [3.63, 3.8) is 0 Å². The van der Waals surface area contributed by atoms with Gasteiger partial charge in [0.05, 0.1) is 6.10 Å². The largest absolute Gasteiger partial charge is 0.413 e. The lowest BCUT2D eigenvalue weighted by atomic mass is 9.62. The maximum absolute atomic E-state index is 6.80. The van der Waals surface area contributed by atoms with Gasteiger partial charge in [-0.3, -0.25) is 0 Å². The molecule has 1 atom stereocenters. The number of hydrogen-bond acceptors (Lipinski definition) is 2. The Hall–Kier alpha value is -1.13. The molecule has 1 radical (unpaired) electrons. The lowest BCUT2D eigenvalue weighted by Crippen LogP contribution is -2.56. The maximum Gasteiger partial charge on any atom is 0.205 e. The van der Waals surface area contributed by atoms with E-state index in [9.17, 15) is 0 Å². The van der Waals surface area contributed by atoms with Crippen LogP contribution in [0.15, 0.2) is 54.6 Å². The molecule has 32 heavy (non-hydrogen) atoms. The topological polar surface area (TPSA) is 12.5 Å². The summed E-state index contributed by atoms with van der Waals surface area (Å²) in [6.45, 7) is 19.5. The molecule has 2 nitrogen and oxygen atoms in total. The lowest BCUT2D eigenvalue weighted by Gasteiger charge is -2.52. The molecule has 2 aromatic rings. The summed E-state index contributed by atoms with van der Waals surface area (Å²) < 4.78 is 6.80. The molecular weight excluding hydrogens is 430 g/mol. The van der Waals surface area contributed by atoms with Gasteiger partial charge in [0.25, 0.3) is 0 Å². The first-order chi connectivity index (χ1) is 14.9. The molecule has 175 valence electrons. The molecule has 1 aliphatic heterocycles. The van der Waals surface area contributed by atoms with Gasteiger partial charge in [-0.1, -0.05) is 88.7 Å². The molecule has 0 N–H and O–H groups in total. The average Bonchev–Trinajstić information content (AvgIpc) is 2.73. The zero-order chi connectivity index (χ0) is 23.6. The van der Waals surface area contributed by atoms with Crippen LogP contribution in [-0.4, -0.2) is 39.7 Å². The van der Waals surface area contributed by atoms with Crippen molar-refractivity contribution in [2.24, 2.45) is 5.41 Å². The van der Waals surface area contributed by atoms with Crippen molar-refractivity contribution in [1.29, 1.82) is 0 Å². The van der Waals surface area contributed by atoms with Crippen molar-refractivity contribution in [3.05, 3.63) is 70.7 Å². The van der Waals surface area contributed by atoms with E-state index in [1.54, 1.807) is 0 Å². The van der Waals surface area contributed by atoms with Crippen molar-refractivity contribution in [1.82, 2.24) is 4.90 Å². The van der Waals surface area contributed by atoms with Crippen molar-refractivity contribution in [2.75, 3.05) is 19.6 Å². The number of likely N-dealkylation sites (tertiary alicyclic amines) is 1. The summed E-state index contributed by atoms with van der Waals surface area (Å²) in [6, 6.07) is 19.5. The van der Waals surface area contributed by atoms with E-state index in [-0.39, 0.29) is 22.3 Å². The molecule has 1 heterocycles. The predicted molar refractivity (Wildman–Crippen MR) is 140 cm³/mol. The second kappa shape index (κ2) is 10.0. The quantitative estimate of drug-likeness (QED) is 0.392. The van der Waals surface area contributed by atoms with Crippen LogP contribution in [0.4, 0.5) is 0 Å². The van der Waals surface area contributed by atoms with Crippen LogP contribution in [0.1, 0.15) is 58.6 Å². The van der Waals surface area contributed by atoms with Crippen LogP contribution in [0.5, 0.6) is 0 Å². The first-order valence-corrected chi connectivity index (χ1v) is 14.7. The van der Waals surface area contributed by atoms with E-state index < -0.39 is 9.04 Å². The molecule has 0 aromatic heterocycles. The lowest BCUT2D eigenvalue weighted by molar-refractivity contribution is -0.0222. The minimum Gasteiger partial charge on any atom is -0.413 e. The van der Waals surface area contributed by atoms with Crippen molar-refractivity contribution < 1.29 is 4.43 Å². The molecule has 3 rings (SSSR count). The molecule has 2 aromatic carbocycles. The summed E-state index contributed by atoms with van der Waals surface area (Å²) in [5.41, 5.74) is 3.02. The standard InChI is InChI=1S/C28H41ClNOSi/c1-26(2,3)25(31-32(6)7)28(23-11-9-8-10-12-23)17-19-30(20-18-28)21-27(4,5)22-13-15-24(29)16-14-22/h8-16,25H,17-21H2,1-7H3. The summed E-state index contributed by atoms with van der Waals surface area (Å²) in [5, 5.41) is 0.802. The normalized spacial score (nSPS) is 18.7. The smallest absolute Gasteiger partial charge is 0.205 e. The third kappa shape index (κ3) is 5.86. The van der Waals surface area contributed by atoms with Gasteiger partial charge in [-0.2, -0.15) is 0 Å². The third-order valence-electron chi connectivity index (χ3n) is 6.98. The van der Waals surface area contributed by atoms with Crippen molar-refractivity contribution in [2.45, 2.75) is 77.5 Å². The average molecular weight is 471 g/mol. The third-order valence-corrected chi connectivity index (χ3v) is 7.94. The monoisotopic (exact) mass is 470 g/mol. The van der Waals surface area contributed by atoms with E-state index in [4.69, 9.17) is 16.0 Å². The molecule has 4 heteroatoms. The first kappa shape index (κ1) is 25.5. The number of rotatable bonds is 7. The second-order valence-corrected chi connectivity index (χ2v) is 13.9. The minimum atomic E-state index is -0.814. The fourth-order valence-electron chi connectivity index (χ4n) is 5.49. The number of benzene rings is 2. The van der Waals surface area contributed by atoms with Gasteiger partial charge in [0, 0.05) is 22.4 Å². The Bertz CT molecular complexity index is 849. The van der Waals surface area contributed by atoms with Crippen LogP contribution in [0.2, 0.25) is 18.1 Å². The van der Waals surface area contributed by atoms with E-state index in [1.807, 2.05) is 12.1 Å². The predicted octanol–water partition coefficient (Wildman–Crippen LogP) is 7.33. The Kier molecular flexibility index (Phi) is 7.97. The number of hydrogen-bond donors (Lipinski definition) is 0. The Balaban J connectivity index is 1.84. The molecule has 1 unspecified atom stereocenters. The molecule has 0 amide bonds. The van der Waals surface area contributed by atoms with E-state index >= 15 is 0 Å². The fourth-order valence-corrected chi connectivity index (χ4v) is 6.66. The van der Waals surface area contributed by atoms with Gasteiger partial charge in [0.1, 0.15) is 0 Å². The van der Waals surface area contributed by atoms with Crippen LogP contribution in [-0.2, 0) is 15.3 Å². The number of piperidine rings is 1. The molecule has 0 bridgehead atoms. The van der Waals surface area contributed by atoms with Gasteiger partial charge < -0.3 is 9.33 Å². The Labute approximate surface area is 203 Å². The second-order valence-electron chi connectivity index (χ2n) is 11.5. The van der Waals surface area contributed by atoms with Gasteiger partial charge in [0.2, 0.25) is 9.04 Å². The van der Waals surface area contributed by atoms with E-state index in [2.05, 4.69) is 95.1 Å². The SMILES string of the molecule is C[Si](C)OC(C(C)(C)C)C1(c2ccccc2)CCN(CC(C)(C)c2ccc(Cl)cc2)CC1. The molecular formula is C28H41ClNOSi. The fraction of sp³-hybridized carbons (Fsp3) is 0.571. The maximum atomic E-state index is 6.80. The Morgan fingerprint density at radius 3 is 2.00 bits per heavy atom. The Morgan fingerprint density at radius 1 is 0.938 bits per heavy atom. The van der Waals surface area contributed by atoms with E-state index in [0.29, 0.717) is 0 Å². The van der Waals surface area contributed by atoms with Gasteiger partial charge in [0.15, 0.2) is 0 Å². The summed E-state index contributed by atoms with van der Waals surface area (Å²) in [7, 11) is -0.814. The summed E-state index contributed by atoms with van der Waals surface area (Å²) >= 11 is 6.13. The van der Waals surface area contributed by atoms with E-state index in [1.165, 1.54) is 11.1 Å². The van der Waals surface area contributed by atoms with Gasteiger partial charge >= 0.3 is 0 Å². The zero-order valence-corrected chi connectivity index (χ0v) is 22.8.